The van der Waals surface area contributed by atoms with Crippen molar-refractivity contribution < 1.29 is 63.1 Å². The molecule has 0 fully saturated rings. The first-order chi connectivity index (χ1) is 31.9. The zero-order valence-corrected chi connectivity index (χ0v) is 35.9. The molecule has 22 heteroatoms. The van der Waals surface area contributed by atoms with Crippen molar-refractivity contribution in [3.05, 3.63) is 148 Å². The summed E-state index contributed by atoms with van der Waals surface area (Å²) in [5.41, 5.74) is -0.0989. The molecule has 0 saturated carbocycles. The molecule has 5 aromatic rings. The molecule has 5 rings (SSSR count). The molecule has 0 radical (unpaired) electrons. The second-order valence-corrected chi connectivity index (χ2v) is 14.1. The number of carboxylic acids is 1. The minimum absolute atomic E-state index is 0.00626. The molecule has 0 aliphatic carbocycles. The van der Waals surface area contributed by atoms with E-state index in [2.05, 4.69) is 53.6 Å². The highest BCUT2D eigenvalue weighted by molar-refractivity contribution is 6.11. The number of aliphatic hydroxyl groups is 1. The molecular weight excluding hydrogens is 878 g/mol. The van der Waals surface area contributed by atoms with Crippen LogP contribution < -0.4 is 36.1 Å². The maximum absolute atomic E-state index is 13.6. The normalized spacial score (nSPS) is 12.1. The fourth-order valence-corrected chi connectivity index (χ4v) is 6.09. The average Bonchev–Trinajstić information content (AvgIpc) is 3.80. The first kappa shape index (κ1) is 48.7. The summed E-state index contributed by atoms with van der Waals surface area (Å²) in [6.45, 7) is 6.53. The van der Waals surface area contributed by atoms with Crippen LogP contribution in [0.2, 0.25) is 0 Å². The number of H-pyrrole nitrogens is 1. The number of ether oxygens (including phenoxy) is 2. The summed E-state index contributed by atoms with van der Waals surface area (Å²) < 4.78 is 23.6. The maximum atomic E-state index is 13.6. The topological polar surface area (TPSA) is 316 Å². The molecule has 1 atom stereocenters. The first-order valence-electron chi connectivity index (χ1n) is 19.5. The van der Waals surface area contributed by atoms with E-state index in [1.165, 1.54) is 67.8 Å². The van der Waals surface area contributed by atoms with Gasteiger partial charge in [0, 0.05) is 17.7 Å². The van der Waals surface area contributed by atoms with Crippen molar-refractivity contribution in [1.29, 1.82) is 0 Å². The van der Waals surface area contributed by atoms with Gasteiger partial charge in [-0.25, -0.2) is 14.2 Å². The summed E-state index contributed by atoms with van der Waals surface area (Å²) >= 11 is 0. The fourth-order valence-electron chi connectivity index (χ4n) is 6.09. The van der Waals surface area contributed by atoms with Gasteiger partial charge in [-0.3, -0.25) is 29.1 Å². The third-order valence-corrected chi connectivity index (χ3v) is 9.42. The molecule has 2 heterocycles. The number of carbonyl (C=O) groups excluding carboxylic acids is 5. The van der Waals surface area contributed by atoms with Crippen LogP contribution in [0.3, 0.4) is 0 Å². The van der Waals surface area contributed by atoms with Crippen LogP contribution in [0.25, 0.3) is 6.08 Å². The minimum atomic E-state index is -1.45. The predicted molar refractivity (Wildman–Crippen MR) is 239 cm³/mol. The summed E-state index contributed by atoms with van der Waals surface area (Å²) in [5, 5.41) is 64.1. The largest absolute Gasteiger partial charge is 0.507 e. The van der Waals surface area contributed by atoms with Crippen molar-refractivity contribution in [3.63, 3.8) is 0 Å². The Labute approximate surface area is 379 Å². The number of aromatic hydroxyl groups is 2. The Morgan fingerprint density at radius 1 is 0.806 bits per heavy atom. The number of rotatable bonds is 18. The van der Waals surface area contributed by atoms with Crippen LogP contribution in [0, 0.1) is 5.82 Å². The van der Waals surface area contributed by atoms with E-state index in [1.807, 2.05) is 0 Å². The molecule has 0 bridgehead atoms. The van der Waals surface area contributed by atoms with Crippen LogP contribution in [-0.2, 0) is 20.8 Å². The molecule has 0 aliphatic rings. The first-order valence-corrected chi connectivity index (χ1v) is 19.5. The molecule has 67 heavy (non-hydrogen) atoms. The van der Waals surface area contributed by atoms with Crippen molar-refractivity contribution in [2.45, 2.75) is 26.3 Å². The molecule has 0 spiro atoms. The number of allylic oxidation sites excluding steroid dienone is 2. The highest BCUT2D eigenvalue weighted by Crippen LogP contribution is 2.40. The second-order valence-electron chi connectivity index (χ2n) is 14.1. The maximum Gasteiger partial charge on any atom is 0.339 e. The number of hydrogen-bond acceptors (Lipinski definition) is 14. The molecule has 21 nitrogen and oxygen atoms in total. The highest BCUT2D eigenvalue weighted by atomic mass is 19.1. The summed E-state index contributed by atoms with van der Waals surface area (Å²) in [5.74, 6) is -8.67. The zero-order valence-electron chi connectivity index (χ0n) is 35.9. The molecule has 3 aromatic carbocycles. The van der Waals surface area contributed by atoms with Crippen molar-refractivity contribution in [2.75, 3.05) is 30.2 Å². The third kappa shape index (κ3) is 12.2. The average molecular weight is 920 g/mol. The number of aliphatic hydroxyl groups excluding tert-OH is 1. The SMILES string of the molecule is C=C/C(C(=O)Nc1ccc(C(=O)Nc2ccc(C(=O)O)c(O)c2OC)c(O)c1OC)=C(O)\C=C(/C)NC(=O)C(Cc1cnn[nH]1)NC(=O)c1ccc(NC(=O)/C(C)=C/c2ccc(F)cc2)cn1. The van der Waals surface area contributed by atoms with E-state index >= 15 is 0 Å². The van der Waals surface area contributed by atoms with Crippen molar-refractivity contribution in [3.8, 4) is 23.0 Å². The molecule has 10 N–H and O–H groups in total. The van der Waals surface area contributed by atoms with Gasteiger partial charge in [-0.2, -0.15) is 0 Å². The van der Waals surface area contributed by atoms with Crippen molar-refractivity contribution in [2.24, 2.45) is 0 Å². The van der Waals surface area contributed by atoms with Gasteiger partial charge in [-0.15, -0.1) is 5.10 Å². The van der Waals surface area contributed by atoms with E-state index in [0.29, 0.717) is 16.8 Å². The number of phenols is 2. The fraction of sp³-hybridized carbons (Fsp3) is 0.133. The molecular formula is C45H42FN9O12. The lowest BCUT2D eigenvalue weighted by Crippen LogP contribution is -2.47. The number of pyridine rings is 1. The molecule has 0 saturated heterocycles. The van der Waals surface area contributed by atoms with Gasteiger partial charge in [-0.1, -0.05) is 30.0 Å². The Morgan fingerprint density at radius 3 is 2.03 bits per heavy atom. The lowest BCUT2D eigenvalue weighted by molar-refractivity contribution is -0.122. The number of hydrogen-bond donors (Lipinski definition) is 10. The number of amides is 5. The van der Waals surface area contributed by atoms with Gasteiger partial charge >= 0.3 is 5.97 Å². The van der Waals surface area contributed by atoms with Crippen LogP contribution in [0.5, 0.6) is 23.0 Å². The van der Waals surface area contributed by atoms with Gasteiger partial charge < -0.3 is 56.5 Å². The number of methoxy groups -OCH3 is 2. The summed E-state index contributed by atoms with van der Waals surface area (Å²) in [7, 11) is 2.28. The van der Waals surface area contributed by atoms with E-state index < -0.39 is 75.8 Å². The van der Waals surface area contributed by atoms with Crippen LogP contribution in [-0.4, -0.2) is 96.6 Å². The van der Waals surface area contributed by atoms with Gasteiger partial charge in [0.2, 0.25) is 5.91 Å². The van der Waals surface area contributed by atoms with Gasteiger partial charge in [0.05, 0.1) is 60.5 Å². The molecule has 2 aromatic heterocycles. The summed E-state index contributed by atoms with van der Waals surface area (Å²) in [6, 6.07) is 11.6. The third-order valence-electron chi connectivity index (χ3n) is 9.42. The van der Waals surface area contributed by atoms with Crippen LogP contribution in [0.1, 0.15) is 56.3 Å². The monoisotopic (exact) mass is 919 g/mol. The minimum Gasteiger partial charge on any atom is -0.507 e. The zero-order chi connectivity index (χ0) is 48.9. The second kappa shape index (κ2) is 21.8. The number of carbonyl (C=O) groups is 6. The summed E-state index contributed by atoms with van der Waals surface area (Å²) in [6.07, 6.45) is 6.07. The number of nitrogens with zero attached hydrogens (tertiary/aromatic N) is 3. The Morgan fingerprint density at radius 2 is 1.45 bits per heavy atom. The Balaban J connectivity index is 1.26. The standard InChI is InChI=1S/C45H42FN9O12/c1-6-28(41(60)51-31-15-12-29(36(57)38(31)66-4)42(61)52-32-16-13-30(45(64)65)37(58)39(32)67-5)35(56)18-23(3)49-44(63)34(19-27-21-48-55-54-27)53-43(62)33-14-11-26(20-47-33)50-40(59)22(2)17-24-7-9-25(46)10-8-24/h6-18,20-21,34,56-58H,1,19H2,2-5H3,(H,49,63)(H,50,59)(H,51,60)(H,52,61)(H,53,62)(H,64,65)(H,48,54,55)/b22-17+,23-18+,35-28-. The van der Waals surface area contributed by atoms with E-state index in [-0.39, 0.29) is 51.9 Å². The number of halogens is 1. The van der Waals surface area contributed by atoms with Crippen molar-refractivity contribution in [1.82, 2.24) is 31.0 Å². The number of phenolic OH excluding ortho intramolecular Hbond substituents is 1. The van der Waals surface area contributed by atoms with E-state index in [4.69, 9.17) is 9.47 Å². The number of aromatic carboxylic acids is 1. The number of nitrogens with one attached hydrogen (secondary N) is 6. The quantitative estimate of drug-likeness (QED) is 0.0322. The van der Waals surface area contributed by atoms with Gasteiger partial charge in [-0.05, 0) is 80.1 Å². The smallest absolute Gasteiger partial charge is 0.339 e. The Bertz CT molecular complexity index is 2820. The number of aromatic nitrogens is 4. The molecule has 1 unspecified atom stereocenters. The lowest BCUT2D eigenvalue weighted by atomic mass is 10.1. The molecule has 0 aliphatic heterocycles. The lowest BCUT2D eigenvalue weighted by Gasteiger charge is -2.18. The number of carboxylic acid groups (broad SMARTS) is 1. The van der Waals surface area contributed by atoms with Crippen LogP contribution in [0.15, 0.2) is 114 Å². The number of anilines is 3. The van der Waals surface area contributed by atoms with Gasteiger partial charge in [0.25, 0.3) is 23.6 Å². The van der Waals surface area contributed by atoms with E-state index in [9.17, 15) is 53.6 Å². The molecule has 5 amide bonds. The predicted octanol–water partition coefficient (Wildman–Crippen LogP) is 4.76. The highest BCUT2D eigenvalue weighted by Gasteiger charge is 2.26. The van der Waals surface area contributed by atoms with Gasteiger partial charge in [0.15, 0.2) is 23.0 Å². The van der Waals surface area contributed by atoms with Crippen molar-refractivity contribution >= 4 is 58.6 Å². The van der Waals surface area contributed by atoms with Crippen LogP contribution >= 0.6 is 0 Å². The van der Waals surface area contributed by atoms with Gasteiger partial charge in [0.1, 0.15) is 28.9 Å². The van der Waals surface area contributed by atoms with E-state index in [1.54, 1.807) is 13.0 Å². The number of aromatic amines is 1. The van der Waals surface area contributed by atoms with E-state index in [0.717, 1.165) is 38.5 Å². The Kier molecular flexibility index (Phi) is 15.9. The summed E-state index contributed by atoms with van der Waals surface area (Å²) in [4.78, 5) is 81.8. The number of benzene rings is 3. The Hall–Kier alpha value is -9.34. The molecule has 346 valence electrons. The van der Waals surface area contributed by atoms with Crippen LogP contribution in [0.4, 0.5) is 21.5 Å².